The molecular weight excluding hydrogens is 400 g/mol. The highest BCUT2D eigenvalue weighted by Gasteiger charge is 2.56. The third-order valence-corrected chi connectivity index (χ3v) is 7.22. The van der Waals surface area contributed by atoms with Crippen molar-refractivity contribution < 1.29 is 32.3 Å². The monoisotopic (exact) mass is 424 g/mol. The van der Waals surface area contributed by atoms with Gasteiger partial charge >= 0.3 is 5.97 Å². The largest absolute Gasteiger partial charge is 0.468 e. The molecule has 10 heteroatoms. The number of fused-ring (bicyclic) bond motifs is 1. The predicted octanol–water partition coefficient (Wildman–Crippen LogP) is -0.385. The van der Waals surface area contributed by atoms with E-state index < -0.39 is 21.2 Å². The molecule has 2 heterocycles. The Bertz CT molecular complexity index is 887. The van der Waals surface area contributed by atoms with Gasteiger partial charge in [-0.25, -0.2) is 8.42 Å². The summed E-state index contributed by atoms with van der Waals surface area (Å²) in [6.07, 6.45) is -0.162. The van der Waals surface area contributed by atoms with E-state index in [9.17, 15) is 22.8 Å². The van der Waals surface area contributed by atoms with Crippen LogP contribution in [0.15, 0.2) is 35.2 Å². The number of ether oxygens (including phenoxy) is 2. The average Bonchev–Trinajstić information content (AvgIpc) is 3.29. The number of nitrogens with zero attached hydrogens (tertiary/aromatic N) is 1. The molecule has 0 radical (unpaired) electrons. The minimum Gasteiger partial charge on any atom is -0.468 e. The summed E-state index contributed by atoms with van der Waals surface area (Å²) in [6.45, 7) is 0.673. The zero-order valence-corrected chi connectivity index (χ0v) is 16.9. The molecule has 2 aliphatic heterocycles. The second-order valence-corrected chi connectivity index (χ2v) is 9.39. The van der Waals surface area contributed by atoms with Crippen LogP contribution in [0.5, 0.6) is 0 Å². The summed E-state index contributed by atoms with van der Waals surface area (Å²) in [6, 6.07) is 7.98. The van der Waals surface area contributed by atoms with Crippen molar-refractivity contribution in [3.05, 3.63) is 30.3 Å². The summed E-state index contributed by atoms with van der Waals surface area (Å²) in [5.74, 6) is -1.75. The highest BCUT2D eigenvalue weighted by atomic mass is 32.2. The van der Waals surface area contributed by atoms with Crippen LogP contribution in [-0.4, -0.2) is 76.8 Å². The molecule has 2 amide bonds. The lowest BCUT2D eigenvalue weighted by atomic mass is 9.80. The van der Waals surface area contributed by atoms with Gasteiger partial charge in [0.2, 0.25) is 11.8 Å². The van der Waals surface area contributed by atoms with Gasteiger partial charge in [-0.15, -0.1) is 0 Å². The number of rotatable bonds is 7. The summed E-state index contributed by atoms with van der Waals surface area (Å²) < 4.78 is 34.8. The van der Waals surface area contributed by atoms with Crippen LogP contribution in [-0.2, 0) is 33.7 Å². The van der Waals surface area contributed by atoms with Gasteiger partial charge in [0.1, 0.15) is 6.54 Å². The quantitative estimate of drug-likeness (QED) is 0.592. The minimum atomic E-state index is -3.56. The Morgan fingerprint density at radius 3 is 2.69 bits per heavy atom. The fourth-order valence-corrected chi connectivity index (χ4v) is 5.02. The molecule has 9 nitrogen and oxygen atoms in total. The first-order valence-electron chi connectivity index (χ1n) is 9.27. The van der Waals surface area contributed by atoms with Gasteiger partial charge in [0, 0.05) is 25.4 Å². The Morgan fingerprint density at radius 1 is 1.28 bits per heavy atom. The van der Waals surface area contributed by atoms with Crippen molar-refractivity contribution in [1.82, 2.24) is 10.2 Å². The molecule has 0 aromatic heterocycles. The van der Waals surface area contributed by atoms with E-state index in [2.05, 4.69) is 10.1 Å². The molecule has 0 spiro atoms. The van der Waals surface area contributed by atoms with Crippen LogP contribution in [0.2, 0.25) is 0 Å². The second-order valence-electron chi connectivity index (χ2n) is 7.28. The van der Waals surface area contributed by atoms with E-state index in [1.807, 2.05) is 0 Å². The van der Waals surface area contributed by atoms with Crippen molar-refractivity contribution in [2.45, 2.75) is 11.3 Å². The fourth-order valence-electron chi connectivity index (χ4n) is 3.77. The summed E-state index contributed by atoms with van der Waals surface area (Å²) >= 11 is 0. The molecule has 2 fully saturated rings. The van der Waals surface area contributed by atoms with Gasteiger partial charge < -0.3 is 19.7 Å². The molecule has 3 rings (SSSR count). The Morgan fingerprint density at radius 2 is 2.00 bits per heavy atom. The van der Waals surface area contributed by atoms with E-state index in [0.29, 0.717) is 13.2 Å². The maximum Gasteiger partial charge on any atom is 0.325 e. The third-order valence-electron chi connectivity index (χ3n) is 5.49. The Labute approximate surface area is 169 Å². The highest BCUT2D eigenvalue weighted by molar-refractivity contribution is 7.91. The molecule has 2 saturated heterocycles. The summed E-state index contributed by atoms with van der Waals surface area (Å²) in [5, 5.41) is 2.55. The Hall–Kier alpha value is -2.46. The van der Waals surface area contributed by atoms with Gasteiger partial charge in [-0.05, 0) is 12.1 Å². The lowest BCUT2D eigenvalue weighted by molar-refractivity contribution is -0.143. The standard InChI is InChI=1S/C19H24N2O7S/c1-27-17(23)9-20-18(24)19-12-21(10-14(19)11-28-13-19)16(22)7-8-29(25,26)15-5-3-2-4-6-15/h2-6,14H,7-13H2,1H3,(H,20,24)/t14-,19-/m0/s1. The molecule has 1 aromatic carbocycles. The van der Waals surface area contributed by atoms with Crippen molar-refractivity contribution in [3.8, 4) is 0 Å². The minimum absolute atomic E-state index is 0.134. The zero-order valence-electron chi connectivity index (χ0n) is 16.1. The third kappa shape index (κ3) is 4.43. The SMILES string of the molecule is COC(=O)CNC(=O)[C@@]12COC[C@@H]1CN(C(=O)CCS(=O)(=O)c1ccccc1)C2. The van der Waals surface area contributed by atoms with Gasteiger partial charge in [-0.2, -0.15) is 0 Å². The summed E-state index contributed by atoms with van der Waals surface area (Å²) in [7, 11) is -2.33. The van der Waals surface area contributed by atoms with E-state index in [4.69, 9.17) is 4.74 Å². The first-order valence-corrected chi connectivity index (χ1v) is 10.9. The summed E-state index contributed by atoms with van der Waals surface area (Å²) in [5.41, 5.74) is -0.929. The normalized spacial score (nSPS) is 23.5. The van der Waals surface area contributed by atoms with Crippen LogP contribution >= 0.6 is 0 Å². The molecule has 0 bridgehead atoms. The van der Waals surface area contributed by atoms with Crippen LogP contribution < -0.4 is 5.32 Å². The van der Waals surface area contributed by atoms with Crippen molar-refractivity contribution in [2.75, 3.05) is 45.7 Å². The highest BCUT2D eigenvalue weighted by Crippen LogP contribution is 2.41. The molecule has 0 unspecified atom stereocenters. The Kier molecular flexibility index (Phi) is 6.23. The average molecular weight is 424 g/mol. The van der Waals surface area contributed by atoms with Crippen LogP contribution in [0.1, 0.15) is 6.42 Å². The van der Waals surface area contributed by atoms with E-state index in [1.165, 1.54) is 24.1 Å². The van der Waals surface area contributed by atoms with Crippen molar-refractivity contribution in [2.24, 2.45) is 11.3 Å². The first kappa shape index (κ1) is 21.3. The molecule has 1 N–H and O–H groups in total. The second kappa shape index (κ2) is 8.50. The molecule has 2 aliphatic rings. The van der Waals surface area contributed by atoms with E-state index in [0.717, 1.165) is 0 Å². The Balaban J connectivity index is 1.62. The maximum absolute atomic E-state index is 12.7. The number of esters is 1. The van der Waals surface area contributed by atoms with Crippen LogP contribution in [0.25, 0.3) is 0 Å². The summed E-state index contributed by atoms with van der Waals surface area (Å²) in [4.78, 5) is 38.4. The van der Waals surface area contributed by atoms with Crippen LogP contribution in [0, 0.1) is 11.3 Å². The van der Waals surface area contributed by atoms with Gasteiger partial charge in [-0.1, -0.05) is 18.2 Å². The van der Waals surface area contributed by atoms with Gasteiger partial charge in [0.05, 0.1) is 36.4 Å². The number of sulfone groups is 1. The fraction of sp³-hybridized carbons (Fsp3) is 0.526. The topological polar surface area (TPSA) is 119 Å². The lowest BCUT2D eigenvalue weighted by Gasteiger charge is -2.25. The van der Waals surface area contributed by atoms with Crippen molar-refractivity contribution in [3.63, 3.8) is 0 Å². The molecule has 2 atom stereocenters. The van der Waals surface area contributed by atoms with Gasteiger partial charge in [-0.3, -0.25) is 14.4 Å². The van der Waals surface area contributed by atoms with E-state index >= 15 is 0 Å². The van der Waals surface area contributed by atoms with Crippen LogP contribution in [0.3, 0.4) is 0 Å². The number of carbonyl (C=O) groups is 3. The maximum atomic E-state index is 12.7. The number of hydrogen-bond donors (Lipinski definition) is 1. The number of carbonyl (C=O) groups excluding carboxylic acids is 3. The number of amides is 2. The molecule has 0 saturated carbocycles. The number of likely N-dealkylation sites (tertiary alicyclic amines) is 1. The zero-order chi connectivity index (χ0) is 21.1. The van der Waals surface area contributed by atoms with E-state index in [1.54, 1.807) is 18.2 Å². The van der Waals surface area contributed by atoms with E-state index in [-0.39, 0.29) is 54.5 Å². The predicted molar refractivity (Wildman–Crippen MR) is 101 cm³/mol. The van der Waals surface area contributed by atoms with Gasteiger partial charge in [0.25, 0.3) is 0 Å². The molecule has 0 aliphatic carbocycles. The number of hydrogen-bond acceptors (Lipinski definition) is 7. The lowest BCUT2D eigenvalue weighted by Crippen LogP contribution is -2.48. The molecule has 29 heavy (non-hydrogen) atoms. The van der Waals surface area contributed by atoms with Gasteiger partial charge in [0.15, 0.2) is 9.84 Å². The number of benzene rings is 1. The smallest absolute Gasteiger partial charge is 0.325 e. The van der Waals surface area contributed by atoms with Crippen LogP contribution in [0.4, 0.5) is 0 Å². The molecule has 158 valence electrons. The number of methoxy groups -OCH3 is 1. The molecular formula is C19H24N2O7S. The first-order chi connectivity index (χ1) is 13.8. The van der Waals surface area contributed by atoms with Crippen molar-refractivity contribution in [1.29, 1.82) is 0 Å². The van der Waals surface area contributed by atoms with Crippen molar-refractivity contribution >= 4 is 27.6 Å². The number of nitrogens with one attached hydrogen (secondary N) is 1. The molecule has 1 aromatic rings.